The predicted octanol–water partition coefficient (Wildman–Crippen LogP) is 5.14. The lowest BCUT2D eigenvalue weighted by molar-refractivity contribution is 0.310. The van der Waals surface area contributed by atoms with E-state index in [9.17, 15) is 0 Å². The Morgan fingerprint density at radius 3 is 2.84 bits per heavy atom. The smallest absolute Gasteiger partial charge is 0.0456 e. The Balaban J connectivity index is 1.44. The number of nitrogens with zero attached hydrogens (tertiary/aromatic N) is 1. The number of thioether (sulfide) groups is 1. The fourth-order valence-corrected chi connectivity index (χ4v) is 4.77. The van der Waals surface area contributed by atoms with Crippen LogP contribution in [0.3, 0.4) is 0 Å². The van der Waals surface area contributed by atoms with Gasteiger partial charge in [-0.05, 0) is 74.7 Å². The predicted molar refractivity (Wildman–Crippen MR) is 109 cm³/mol. The molecule has 0 aliphatic carbocycles. The van der Waals surface area contributed by atoms with Gasteiger partial charge >= 0.3 is 0 Å². The van der Waals surface area contributed by atoms with Gasteiger partial charge in [0.15, 0.2) is 0 Å². The standard InChI is InChI=1S/C22H26N2S/c1-24-12-5-6-19(24)15-18-16-23-22-10-9-17(14-21(18)22)11-13-25-20-7-3-2-4-8-20/h2-4,7-10,14,16,19,23H,5-6,11-13,15H2,1H3/t19-/m1/s1. The first-order chi connectivity index (χ1) is 12.3. The highest BCUT2D eigenvalue weighted by atomic mass is 32.2. The van der Waals surface area contributed by atoms with E-state index >= 15 is 0 Å². The number of rotatable bonds is 6. The molecule has 0 saturated carbocycles. The van der Waals surface area contributed by atoms with Crippen LogP contribution in [-0.4, -0.2) is 35.3 Å². The average Bonchev–Trinajstić information content (AvgIpc) is 3.23. The number of fused-ring (bicyclic) bond motifs is 1. The summed E-state index contributed by atoms with van der Waals surface area (Å²) in [6, 6.07) is 18.3. The summed E-state index contributed by atoms with van der Waals surface area (Å²) in [5.74, 6) is 1.13. The number of aromatic nitrogens is 1. The minimum Gasteiger partial charge on any atom is -0.361 e. The molecule has 0 spiro atoms. The molecule has 3 heteroatoms. The van der Waals surface area contributed by atoms with E-state index in [1.54, 1.807) is 0 Å². The zero-order chi connectivity index (χ0) is 17.1. The number of hydrogen-bond donors (Lipinski definition) is 1. The summed E-state index contributed by atoms with van der Waals surface area (Å²) in [6.07, 6.45) is 7.17. The first kappa shape index (κ1) is 16.7. The molecule has 1 saturated heterocycles. The van der Waals surface area contributed by atoms with Crippen molar-refractivity contribution >= 4 is 22.7 Å². The van der Waals surface area contributed by atoms with Crippen molar-refractivity contribution in [2.45, 2.75) is 36.6 Å². The maximum atomic E-state index is 3.46. The van der Waals surface area contributed by atoms with E-state index in [1.807, 2.05) is 11.8 Å². The molecule has 1 aromatic heterocycles. The molecule has 4 rings (SSSR count). The van der Waals surface area contributed by atoms with E-state index in [2.05, 4.69) is 71.7 Å². The molecule has 2 heterocycles. The fraction of sp³-hybridized carbons (Fsp3) is 0.364. The molecule has 130 valence electrons. The number of nitrogens with one attached hydrogen (secondary N) is 1. The van der Waals surface area contributed by atoms with E-state index < -0.39 is 0 Å². The van der Waals surface area contributed by atoms with Gasteiger partial charge in [-0.15, -0.1) is 11.8 Å². The van der Waals surface area contributed by atoms with Crippen LogP contribution in [0.25, 0.3) is 10.9 Å². The van der Waals surface area contributed by atoms with Crippen molar-refractivity contribution in [1.29, 1.82) is 0 Å². The maximum absolute atomic E-state index is 3.46. The summed E-state index contributed by atoms with van der Waals surface area (Å²) >= 11 is 1.94. The first-order valence-corrected chi connectivity index (χ1v) is 10.2. The zero-order valence-corrected chi connectivity index (χ0v) is 15.7. The van der Waals surface area contributed by atoms with Gasteiger partial charge in [0.05, 0.1) is 0 Å². The second-order valence-electron chi connectivity index (χ2n) is 7.09. The van der Waals surface area contributed by atoms with Gasteiger partial charge in [-0.2, -0.15) is 0 Å². The number of H-pyrrole nitrogens is 1. The molecule has 2 nitrogen and oxygen atoms in total. The molecule has 25 heavy (non-hydrogen) atoms. The lowest BCUT2D eigenvalue weighted by Gasteiger charge is -2.18. The quantitative estimate of drug-likeness (QED) is 0.621. The van der Waals surface area contributed by atoms with E-state index in [4.69, 9.17) is 0 Å². The second-order valence-corrected chi connectivity index (χ2v) is 8.25. The van der Waals surface area contributed by atoms with E-state index in [1.165, 1.54) is 52.7 Å². The molecule has 0 unspecified atom stereocenters. The van der Waals surface area contributed by atoms with Crippen LogP contribution in [0.15, 0.2) is 59.6 Å². The Labute approximate surface area is 154 Å². The average molecular weight is 351 g/mol. The van der Waals surface area contributed by atoms with Gasteiger partial charge in [-0.3, -0.25) is 0 Å². The topological polar surface area (TPSA) is 19.0 Å². The Morgan fingerprint density at radius 2 is 2.04 bits per heavy atom. The first-order valence-electron chi connectivity index (χ1n) is 9.26. The summed E-state index contributed by atoms with van der Waals surface area (Å²) in [5.41, 5.74) is 4.19. The van der Waals surface area contributed by atoms with Crippen LogP contribution in [-0.2, 0) is 12.8 Å². The van der Waals surface area contributed by atoms with Crippen molar-refractivity contribution in [1.82, 2.24) is 9.88 Å². The fourth-order valence-electron chi connectivity index (χ4n) is 3.84. The van der Waals surface area contributed by atoms with Crippen LogP contribution in [0.4, 0.5) is 0 Å². The highest BCUT2D eigenvalue weighted by Gasteiger charge is 2.22. The van der Waals surface area contributed by atoms with Crippen LogP contribution >= 0.6 is 11.8 Å². The molecule has 1 N–H and O–H groups in total. The number of benzene rings is 2. The van der Waals surface area contributed by atoms with E-state index in [-0.39, 0.29) is 0 Å². The Bertz CT molecular complexity index is 824. The van der Waals surface area contributed by atoms with E-state index in [0.29, 0.717) is 6.04 Å². The molecule has 1 aliphatic rings. The van der Waals surface area contributed by atoms with Crippen LogP contribution in [0.5, 0.6) is 0 Å². The minimum atomic E-state index is 0.705. The van der Waals surface area contributed by atoms with Crippen molar-refractivity contribution in [2.75, 3.05) is 19.3 Å². The summed E-state index contributed by atoms with van der Waals surface area (Å²) in [7, 11) is 2.26. The number of likely N-dealkylation sites (tertiary alicyclic amines) is 1. The van der Waals surface area contributed by atoms with Gasteiger partial charge < -0.3 is 9.88 Å². The zero-order valence-electron chi connectivity index (χ0n) is 14.9. The van der Waals surface area contributed by atoms with Gasteiger partial charge in [0.1, 0.15) is 0 Å². The number of hydrogen-bond acceptors (Lipinski definition) is 2. The molecule has 0 radical (unpaired) electrons. The number of aryl methyl sites for hydroxylation is 1. The highest BCUT2D eigenvalue weighted by molar-refractivity contribution is 7.99. The molecular formula is C22H26N2S. The lowest BCUT2D eigenvalue weighted by atomic mass is 10.0. The van der Waals surface area contributed by atoms with Crippen molar-refractivity contribution < 1.29 is 0 Å². The summed E-state index contributed by atoms with van der Waals surface area (Å²) in [4.78, 5) is 7.33. The highest BCUT2D eigenvalue weighted by Crippen LogP contribution is 2.26. The lowest BCUT2D eigenvalue weighted by Crippen LogP contribution is -2.26. The number of likely N-dealkylation sites (N-methyl/N-ethyl adjacent to an activating group) is 1. The van der Waals surface area contributed by atoms with Crippen LogP contribution in [0, 0.1) is 0 Å². The van der Waals surface area contributed by atoms with Gasteiger partial charge in [-0.1, -0.05) is 24.3 Å². The minimum absolute atomic E-state index is 0.705. The third-order valence-corrected chi connectivity index (χ3v) is 6.38. The third kappa shape index (κ3) is 3.94. The summed E-state index contributed by atoms with van der Waals surface area (Å²) in [5, 5.41) is 1.42. The molecule has 0 amide bonds. The maximum Gasteiger partial charge on any atom is 0.0456 e. The molecule has 2 aromatic carbocycles. The van der Waals surface area contributed by atoms with Crippen molar-refractivity contribution in [3.8, 4) is 0 Å². The van der Waals surface area contributed by atoms with Crippen LogP contribution in [0.2, 0.25) is 0 Å². The normalized spacial score (nSPS) is 18.2. The molecule has 1 aliphatic heterocycles. The third-order valence-electron chi connectivity index (χ3n) is 5.36. The van der Waals surface area contributed by atoms with Gasteiger partial charge in [-0.25, -0.2) is 0 Å². The summed E-state index contributed by atoms with van der Waals surface area (Å²) in [6.45, 7) is 1.25. The van der Waals surface area contributed by atoms with E-state index in [0.717, 1.165) is 12.2 Å². The SMILES string of the molecule is CN1CCC[C@@H]1Cc1c[nH]c2ccc(CCSc3ccccc3)cc12. The Kier molecular flexibility index (Phi) is 5.14. The van der Waals surface area contributed by atoms with Crippen molar-refractivity contribution in [2.24, 2.45) is 0 Å². The van der Waals surface area contributed by atoms with Gasteiger partial charge in [0, 0.05) is 33.8 Å². The Morgan fingerprint density at radius 1 is 1.16 bits per heavy atom. The molecule has 3 aromatic rings. The molecular weight excluding hydrogens is 324 g/mol. The molecule has 0 bridgehead atoms. The van der Waals surface area contributed by atoms with Gasteiger partial charge in [0.25, 0.3) is 0 Å². The van der Waals surface area contributed by atoms with Crippen LogP contribution < -0.4 is 0 Å². The number of aromatic amines is 1. The van der Waals surface area contributed by atoms with Crippen LogP contribution in [0.1, 0.15) is 24.0 Å². The molecule has 1 fully saturated rings. The van der Waals surface area contributed by atoms with Crippen molar-refractivity contribution in [3.63, 3.8) is 0 Å². The second kappa shape index (κ2) is 7.67. The van der Waals surface area contributed by atoms with Gasteiger partial charge in [0.2, 0.25) is 0 Å². The van der Waals surface area contributed by atoms with Crippen molar-refractivity contribution in [3.05, 3.63) is 65.9 Å². The Hall–Kier alpha value is -1.71. The summed E-state index contributed by atoms with van der Waals surface area (Å²) < 4.78 is 0. The largest absolute Gasteiger partial charge is 0.361 e. The monoisotopic (exact) mass is 350 g/mol. The molecule has 1 atom stereocenters.